The molecule has 0 atom stereocenters. The van der Waals surface area contributed by atoms with E-state index >= 15 is 0 Å². The van der Waals surface area contributed by atoms with Crippen molar-refractivity contribution in [2.75, 3.05) is 6.61 Å². The van der Waals surface area contributed by atoms with Crippen LogP contribution in [0.4, 0.5) is 17.6 Å². The van der Waals surface area contributed by atoms with Crippen LogP contribution in [0.2, 0.25) is 0 Å². The minimum atomic E-state index is -4.72. The Balaban J connectivity index is 1.66. The first-order valence-corrected chi connectivity index (χ1v) is 7.70. The summed E-state index contributed by atoms with van der Waals surface area (Å²) in [5.41, 5.74) is 1.66. The lowest BCUT2D eigenvalue weighted by Gasteiger charge is -2.10. The molecular formula is C18H14F4N2O2. The van der Waals surface area contributed by atoms with Gasteiger partial charge in [0.05, 0.1) is 12.0 Å². The molecule has 136 valence electrons. The molecule has 0 saturated carbocycles. The maximum atomic E-state index is 13.9. The summed E-state index contributed by atoms with van der Waals surface area (Å²) >= 11 is 0. The predicted octanol–water partition coefficient (Wildman–Crippen LogP) is 4.60. The topological polar surface area (TPSA) is 44.2 Å². The molecule has 1 heterocycles. The summed E-state index contributed by atoms with van der Waals surface area (Å²) in [4.78, 5) is 7.95. The average Bonchev–Trinajstić information content (AvgIpc) is 2.55. The summed E-state index contributed by atoms with van der Waals surface area (Å²) in [7, 11) is 0. The third-order valence-corrected chi connectivity index (χ3v) is 3.59. The van der Waals surface area contributed by atoms with Crippen LogP contribution in [0.5, 0.6) is 11.6 Å². The number of aromatic nitrogens is 2. The van der Waals surface area contributed by atoms with Gasteiger partial charge in [-0.25, -0.2) is 14.4 Å². The fourth-order valence-corrected chi connectivity index (χ4v) is 2.48. The predicted molar refractivity (Wildman–Crippen MR) is 86.6 cm³/mol. The van der Waals surface area contributed by atoms with Gasteiger partial charge in [-0.2, -0.15) is 0 Å². The lowest BCUT2D eigenvalue weighted by atomic mass is 10.1. The van der Waals surface area contributed by atoms with Crippen LogP contribution in [0.15, 0.2) is 42.7 Å². The van der Waals surface area contributed by atoms with E-state index in [2.05, 4.69) is 14.7 Å². The van der Waals surface area contributed by atoms with Gasteiger partial charge < -0.3 is 9.47 Å². The van der Waals surface area contributed by atoms with Gasteiger partial charge in [-0.05, 0) is 42.3 Å². The van der Waals surface area contributed by atoms with Gasteiger partial charge in [-0.3, -0.25) is 0 Å². The number of nitrogens with zero attached hydrogens (tertiary/aromatic N) is 2. The van der Waals surface area contributed by atoms with E-state index in [-0.39, 0.29) is 23.8 Å². The van der Waals surface area contributed by atoms with Gasteiger partial charge in [0.1, 0.15) is 23.4 Å². The van der Waals surface area contributed by atoms with Gasteiger partial charge in [0, 0.05) is 6.42 Å². The van der Waals surface area contributed by atoms with Crippen molar-refractivity contribution in [3.63, 3.8) is 0 Å². The molecule has 0 aliphatic heterocycles. The first-order valence-electron chi connectivity index (χ1n) is 7.70. The van der Waals surface area contributed by atoms with Crippen LogP contribution in [0.1, 0.15) is 11.1 Å². The van der Waals surface area contributed by atoms with Crippen LogP contribution in [-0.2, 0) is 6.42 Å². The molecule has 0 radical (unpaired) electrons. The largest absolute Gasteiger partial charge is 0.573 e. The summed E-state index contributed by atoms with van der Waals surface area (Å²) < 4.78 is 59.8. The van der Waals surface area contributed by atoms with Crippen LogP contribution in [0, 0.1) is 12.7 Å². The van der Waals surface area contributed by atoms with Crippen LogP contribution < -0.4 is 9.47 Å². The molecule has 0 unspecified atom stereocenters. The van der Waals surface area contributed by atoms with Crippen molar-refractivity contribution in [3.8, 4) is 11.6 Å². The summed E-state index contributed by atoms with van der Waals surface area (Å²) in [5.74, 6) is -0.475. The summed E-state index contributed by atoms with van der Waals surface area (Å²) in [6.07, 6.45) is -3.06. The highest BCUT2D eigenvalue weighted by Gasteiger charge is 2.30. The standard InChI is InChI=1S/C18H14F4N2O2/c1-11-8-14-16(15(19)9-11)23-10-24-17(14)25-7-6-12-2-4-13(5-3-12)26-18(20,21)22/h2-5,8-10H,6-7H2,1H3. The van der Waals surface area contributed by atoms with E-state index in [1.807, 2.05) is 0 Å². The number of benzene rings is 2. The lowest BCUT2D eigenvalue weighted by molar-refractivity contribution is -0.274. The molecule has 1 aromatic heterocycles. The number of hydrogen-bond acceptors (Lipinski definition) is 4. The molecule has 0 amide bonds. The number of alkyl halides is 3. The second-order valence-corrected chi connectivity index (χ2v) is 5.61. The summed E-state index contributed by atoms with van der Waals surface area (Å²) in [6.45, 7) is 1.98. The Morgan fingerprint density at radius 3 is 2.46 bits per heavy atom. The Morgan fingerprint density at radius 1 is 1.04 bits per heavy atom. The Morgan fingerprint density at radius 2 is 1.77 bits per heavy atom. The number of hydrogen-bond donors (Lipinski definition) is 0. The van der Waals surface area contributed by atoms with Crippen molar-refractivity contribution in [2.24, 2.45) is 0 Å². The van der Waals surface area contributed by atoms with E-state index < -0.39 is 12.2 Å². The Labute approximate surface area is 146 Å². The molecule has 26 heavy (non-hydrogen) atoms. The van der Waals surface area contributed by atoms with Crippen LogP contribution in [0.3, 0.4) is 0 Å². The highest BCUT2D eigenvalue weighted by molar-refractivity contribution is 5.84. The molecule has 0 spiro atoms. The second kappa shape index (κ2) is 7.15. The zero-order valence-electron chi connectivity index (χ0n) is 13.7. The number of halogens is 4. The molecule has 0 saturated heterocycles. The van der Waals surface area contributed by atoms with Crippen LogP contribution in [-0.4, -0.2) is 22.9 Å². The van der Waals surface area contributed by atoms with Crippen molar-refractivity contribution >= 4 is 10.9 Å². The highest BCUT2D eigenvalue weighted by atomic mass is 19.4. The lowest BCUT2D eigenvalue weighted by Crippen LogP contribution is -2.17. The first-order chi connectivity index (χ1) is 12.3. The van der Waals surface area contributed by atoms with E-state index in [4.69, 9.17) is 4.74 Å². The van der Waals surface area contributed by atoms with Gasteiger partial charge >= 0.3 is 6.36 Å². The second-order valence-electron chi connectivity index (χ2n) is 5.61. The van der Waals surface area contributed by atoms with Crippen molar-refractivity contribution in [3.05, 3.63) is 59.7 Å². The van der Waals surface area contributed by atoms with Crippen molar-refractivity contribution in [2.45, 2.75) is 19.7 Å². The van der Waals surface area contributed by atoms with Crippen LogP contribution in [0.25, 0.3) is 10.9 Å². The zero-order chi connectivity index (χ0) is 18.7. The Bertz CT molecular complexity index is 911. The quantitative estimate of drug-likeness (QED) is 0.619. The van der Waals surface area contributed by atoms with E-state index in [0.29, 0.717) is 11.8 Å². The molecule has 4 nitrogen and oxygen atoms in total. The van der Waals surface area contributed by atoms with Crippen molar-refractivity contribution < 1.29 is 27.0 Å². The van der Waals surface area contributed by atoms with E-state index in [1.165, 1.54) is 36.7 Å². The first kappa shape index (κ1) is 17.9. The Hall–Kier alpha value is -2.90. The average molecular weight is 366 g/mol. The van der Waals surface area contributed by atoms with Gasteiger partial charge in [0.15, 0.2) is 0 Å². The maximum Gasteiger partial charge on any atom is 0.573 e. The summed E-state index contributed by atoms with van der Waals surface area (Å²) in [5, 5.41) is 0.471. The molecule has 8 heteroatoms. The minimum absolute atomic E-state index is 0.175. The SMILES string of the molecule is Cc1cc(F)c2ncnc(OCCc3ccc(OC(F)(F)F)cc3)c2c1. The third kappa shape index (κ3) is 4.38. The highest BCUT2D eigenvalue weighted by Crippen LogP contribution is 2.25. The normalized spacial score (nSPS) is 11.6. The molecule has 0 N–H and O–H groups in total. The number of rotatable bonds is 5. The molecule has 3 aromatic rings. The molecule has 0 aliphatic carbocycles. The van der Waals surface area contributed by atoms with E-state index in [9.17, 15) is 17.6 Å². The molecule has 3 rings (SSSR count). The maximum absolute atomic E-state index is 13.9. The molecular weight excluding hydrogens is 352 g/mol. The molecule has 0 fully saturated rings. The van der Waals surface area contributed by atoms with E-state index in [1.54, 1.807) is 13.0 Å². The van der Waals surface area contributed by atoms with Gasteiger partial charge in [0.2, 0.25) is 5.88 Å². The van der Waals surface area contributed by atoms with Crippen molar-refractivity contribution in [1.82, 2.24) is 9.97 Å². The van der Waals surface area contributed by atoms with Crippen LogP contribution >= 0.6 is 0 Å². The third-order valence-electron chi connectivity index (χ3n) is 3.59. The van der Waals surface area contributed by atoms with Crippen molar-refractivity contribution in [1.29, 1.82) is 0 Å². The van der Waals surface area contributed by atoms with E-state index in [0.717, 1.165) is 11.1 Å². The number of ether oxygens (including phenoxy) is 2. The summed E-state index contributed by atoms with van der Waals surface area (Å²) in [6, 6.07) is 8.63. The minimum Gasteiger partial charge on any atom is -0.477 e. The fourth-order valence-electron chi connectivity index (χ4n) is 2.48. The monoisotopic (exact) mass is 366 g/mol. The number of fused-ring (bicyclic) bond motifs is 1. The Kier molecular flexibility index (Phi) is 4.92. The zero-order valence-corrected chi connectivity index (χ0v) is 13.7. The van der Waals surface area contributed by atoms with Gasteiger partial charge in [0.25, 0.3) is 0 Å². The number of aryl methyl sites for hydroxylation is 1. The molecule has 0 aliphatic rings. The molecule has 2 aromatic carbocycles. The smallest absolute Gasteiger partial charge is 0.477 e. The fraction of sp³-hybridized carbons (Fsp3) is 0.222. The van der Waals surface area contributed by atoms with Gasteiger partial charge in [-0.15, -0.1) is 13.2 Å². The van der Waals surface area contributed by atoms with Gasteiger partial charge in [-0.1, -0.05) is 12.1 Å². The molecule has 0 bridgehead atoms.